The van der Waals surface area contributed by atoms with Crippen LogP contribution in [0.1, 0.15) is 49.7 Å². The summed E-state index contributed by atoms with van der Waals surface area (Å²) in [6.07, 6.45) is 6.27. The van der Waals surface area contributed by atoms with Crippen molar-refractivity contribution in [2.75, 3.05) is 5.75 Å². The summed E-state index contributed by atoms with van der Waals surface area (Å²) in [5.74, 6) is 0.527. The van der Waals surface area contributed by atoms with Crippen LogP contribution in [0.15, 0.2) is 89.8 Å². The molecule has 1 N–H and O–H groups in total. The van der Waals surface area contributed by atoms with E-state index < -0.39 is 6.04 Å². The third-order valence-electron chi connectivity index (χ3n) is 6.85. The van der Waals surface area contributed by atoms with Crippen molar-refractivity contribution in [3.63, 3.8) is 0 Å². The summed E-state index contributed by atoms with van der Waals surface area (Å²) in [6.45, 7) is 0.296. The molecule has 1 fully saturated rings. The van der Waals surface area contributed by atoms with Gasteiger partial charge in [-0.3, -0.25) is 9.59 Å². The van der Waals surface area contributed by atoms with Crippen LogP contribution in [0.3, 0.4) is 0 Å². The minimum absolute atomic E-state index is 0.0388. The molecule has 0 aliphatic heterocycles. The molecule has 2 amide bonds. The van der Waals surface area contributed by atoms with Crippen molar-refractivity contribution in [3.05, 3.63) is 101 Å². The van der Waals surface area contributed by atoms with Crippen molar-refractivity contribution in [1.82, 2.24) is 10.2 Å². The molecule has 3 aromatic carbocycles. The smallest absolute Gasteiger partial charge is 0.243 e. The third kappa shape index (κ3) is 8.37. The summed E-state index contributed by atoms with van der Waals surface area (Å²) >= 11 is 8.17. The van der Waals surface area contributed by atoms with Crippen LogP contribution >= 0.6 is 23.4 Å². The van der Waals surface area contributed by atoms with Gasteiger partial charge in [-0.05, 0) is 42.2 Å². The maximum Gasteiger partial charge on any atom is 0.243 e. The van der Waals surface area contributed by atoms with Crippen molar-refractivity contribution in [2.45, 2.75) is 68.5 Å². The summed E-state index contributed by atoms with van der Waals surface area (Å²) < 4.78 is 0. The molecule has 0 spiro atoms. The Morgan fingerprint density at radius 2 is 1.54 bits per heavy atom. The first-order valence-corrected chi connectivity index (χ1v) is 14.5. The van der Waals surface area contributed by atoms with Gasteiger partial charge in [0.05, 0.1) is 0 Å². The van der Waals surface area contributed by atoms with Crippen LogP contribution < -0.4 is 5.32 Å². The molecule has 0 saturated heterocycles. The van der Waals surface area contributed by atoms with E-state index in [9.17, 15) is 9.59 Å². The van der Waals surface area contributed by atoms with E-state index in [4.69, 9.17) is 11.6 Å². The summed E-state index contributed by atoms with van der Waals surface area (Å²) in [6, 6.07) is 27.2. The van der Waals surface area contributed by atoms with Gasteiger partial charge in [0, 0.05) is 41.1 Å². The Bertz CT molecular complexity index is 1140. The van der Waals surface area contributed by atoms with Gasteiger partial charge in [0.25, 0.3) is 0 Å². The Hall–Kier alpha value is -2.76. The third-order valence-corrected chi connectivity index (χ3v) is 8.23. The van der Waals surface area contributed by atoms with E-state index in [0.717, 1.165) is 41.7 Å². The number of hydrogen-bond acceptors (Lipinski definition) is 3. The van der Waals surface area contributed by atoms with Crippen molar-refractivity contribution in [1.29, 1.82) is 0 Å². The number of carbonyl (C=O) groups is 2. The molecule has 0 radical (unpaired) electrons. The number of hydrogen-bond donors (Lipinski definition) is 1. The maximum atomic E-state index is 13.8. The number of rotatable bonds is 11. The van der Waals surface area contributed by atoms with Gasteiger partial charge < -0.3 is 10.2 Å². The minimum Gasteiger partial charge on any atom is -0.352 e. The standard InChI is InChI=1S/C31H35ClN2O2S/c32-28-19-11-10-14-25(28)23-34(30(35)20-21-37-27-17-8-3-9-18-27)29(22-24-12-4-1-5-13-24)31(36)33-26-15-6-2-7-16-26/h1,3-5,8-14,17-19,26,29H,2,6-7,15-16,20-23H2,(H,33,36)/t29-/m0/s1. The van der Waals surface area contributed by atoms with Crippen LogP contribution in [0.5, 0.6) is 0 Å². The molecular weight excluding hydrogens is 500 g/mol. The summed E-state index contributed by atoms with van der Waals surface area (Å²) in [4.78, 5) is 30.4. The average molecular weight is 535 g/mol. The second-order valence-electron chi connectivity index (χ2n) is 9.57. The first kappa shape index (κ1) is 27.3. The average Bonchev–Trinajstić information content (AvgIpc) is 2.93. The second kappa shape index (κ2) is 14.3. The van der Waals surface area contributed by atoms with E-state index >= 15 is 0 Å². The van der Waals surface area contributed by atoms with Gasteiger partial charge in [0.15, 0.2) is 0 Å². The Kier molecular flexibility index (Phi) is 10.5. The maximum absolute atomic E-state index is 13.8. The van der Waals surface area contributed by atoms with Crippen molar-refractivity contribution in [2.24, 2.45) is 0 Å². The lowest BCUT2D eigenvalue weighted by Crippen LogP contribution is -2.53. The van der Waals surface area contributed by atoms with Crippen molar-refractivity contribution in [3.8, 4) is 0 Å². The van der Waals surface area contributed by atoms with E-state index in [1.54, 1.807) is 16.7 Å². The monoisotopic (exact) mass is 534 g/mol. The number of nitrogens with zero attached hydrogens (tertiary/aromatic N) is 1. The van der Waals surface area contributed by atoms with E-state index in [0.29, 0.717) is 30.2 Å². The Labute approximate surface area is 229 Å². The van der Waals surface area contributed by atoms with Crippen LogP contribution in [-0.4, -0.2) is 34.6 Å². The molecule has 4 nitrogen and oxygen atoms in total. The first-order valence-electron chi connectivity index (χ1n) is 13.1. The molecule has 3 aromatic rings. The zero-order chi connectivity index (χ0) is 25.9. The number of nitrogens with one attached hydrogen (secondary N) is 1. The fraction of sp³-hybridized carbons (Fsp3) is 0.355. The normalized spacial score (nSPS) is 14.6. The Balaban J connectivity index is 1.57. The fourth-order valence-corrected chi connectivity index (χ4v) is 5.88. The Morgan fingerprint density at radius 1 is 0.892 bits per heavy atom. The first-order chi connectivity index (χ1) is 18.1. The SMILES string of the molecule is O=C(NC1CCCCC1)[C@H](Cc1ccccc1)N(Cc1ccccc1Cl)C(=O)CCSc1ccccc1. The van der Waals surface area contributed by atoms with Gasteiger partial charge in [-0.15, -0.1) is 11.8 Å². The van der Waals surface area contributed by atoms with Gasteiger partial charge in [-0.1, -0.05) is 97.6 Å². The highest BCUT2D eigenvalue weighted by Crippen LogP contribution is 2.24. The van der Waals surface area contributed by atoms with Gasteiger partial charge in [-0.2, -0.15) is 0 Å². The Morgan fingerprint density at radius 3 is 2.24 bits per heavy atom. The summed E-state index contributed by atoms with van der Waals surface area (Å²) in [7, 11) is 0. The molecule has 0 bridgehead atoms. The molecule has 194 valence electrons. The van der Waals surface area contributed by atoms with Gasteiger partial charge in [0.2, 0.25) is 11.8 Å². The number of thioether (sulfide) groups is 1. The number of amides is 2. The summed E-state index contributed by atoms with van der Waals surface area (Å²) in [5.41, 5.74) is 1.87. The van der Waals surface area contributed by atoms with Crippen molar-refractivity contribution >= 4 is 35.2 Å². The largest absolute Gasteiger partial charge is 0.352 e. The van der Waals surface area contributed by atoms with Gasteiger partial charge >= 0.3 is 0 Å². The highest BCUT2D eigenvalue weighted by molar-refractivity contribution is 7.99. The van der Waals surface area contributed by atoms with E-state index in [-0.39, 0.29) is 17.9 Å². The van der Waals surface area contributed by atoms with Crippen LogP contribution in [-0.2, 0) is 22.6 Å². The second-order valence-corrected chi connectivity index (χ2v) is 11.1. The van der Waals surface area contributed by atoms with Gasteiger partial charge in [0.1, 0.15) is 6.04 Å². The lowest BCUT2D eigenvalue weighted by atomic mass is 9.94. The molecule has 0 aromatic heterocycles. The molecule has 4 rings (SSSR count). The van der Waals surface area contributed by atoms with Gasteiger partial charge in [-0.25, -0.2) is 0 Å². The minimum atomic E-state index is -0.616. The summed E-state index contributed by atoms with van der Waals surface area (Å²) in [5, 5.41) is 3.89. The fourth-order valence-electron chi connectivity index (χ4n) is 4.82. The molecule has 1 saturated carbocycles. The molecular formula is C31H35ClN2O2S. The number of halogens is 1. The zero-order valence-electron chi connectivity index (χ0n) is 21.2. The molecule has 1 aliphatic rings. The molecule has 37 heavy (non-hydrogen) atoms. The number of benzene rings is 3. The lowest BCUT2D eigenvalue weighted by molar-refractivity contribution is -0.141. The van der Waals surface area contributed by atoms with E-state index in [1.807, 2.05) is 84.9 Å². The quantitative estimate of drug-likeness (QED) is 0.272. The highest BCUT2D eigenvalue weighted by Gasteiger charge is 2.32. The van der Waals surface area contributed by atoms with Crippen molar-refractivity contribution < 1.29 is 9.59 Å². The number of carbonyl (C=O) groups excluding carboxylic acids is 2. The lowest BCUT2D eigenvalue weighted by Gasteiger charge is -2.33. The van der Waals surface area contributed by atoms with Crippen LogP contribution in [0.4, 0.5) is 0 Å². The van der Waals surface area contributed by atoms with Crippen LogP contribution in [0.2, 0.25) is 5.02 Å². The topological polar surface area (TPSA) is 49.4 Å². The van der Waals surface area contributed by atoms with E-state index in [1.165, 1.54) is 6.42 Å². The molecule has 0 unspecified atom stereocenters. The zero-order valence-corrected chi connectivity index (χ0v) is 22.7. The predicted molar refractivity (Wildman–Crippen MR) is 153 cm³/mol. The van der Waals surface area contributed by atoms with Crippen LogP contribution in [0, 0.1) is 0 Å². The van der Waals surface area contributed by atoms with E-state index in [2.05, 4.69) is 5.32 Å². The van der Waals surface area contributed by atoms with Crippen LogP contribution in [0.25, 0.3) is 0 Å². The predicted octanol–water partition coefficient (Wildman–Crippen LogP) is 6.91. The molecule has 6 heteroatoms. The molecule has 1 aliphatic carbocycles. The highest BCUT2D eigenvalue weighted by atomic mass is 35.5. The molecule has 0 heterocycles. The molecule has 1 atom stereocenters.